The zero-order valence-corrected chi connectivity index (χ0v) is 11.9. The van der Waals surface area contributed by atoms with Crippen LogP contribution < -0.4 is 16.5 Å². The zero-order chi connectivity index (χ0) is 12.3. The molecule has 0 amide bonds. The fourth-order valence-electron chi connectivity index (χ4n) is 1.58. The summed E-state index contributed by atoms with van der Waals surface area (Å²) < 4.78 is 0. The largest absolute Gasteiger partial charge is 0.368 e. The molecule has 19 heavy (non-hydrogen) atoms. The number of pyridine rings is 1. The molecule has 0 aliphatic carbocycles. The topological polar surface area (TPSA) is 70.9 Å². The van der Waals surface area contributed by atoms with Crippen molar-refractivity contribution >= 4 is 41.5 Å². The van der Waals surface area contributed by atoms with E-state index in [0.717, 1.165) is 11.1 Å². The molecular weight excluding hydrogens is 285 g/mol. The van der Waals surface area contributed by atoms with E-state index in [9.17, 15) is 4.79 Å². The number of nitrogens with two attached hydrogens (primary N) is 1. The number of fused-ring (bicyclic) bond motifs is 1. The number of hydrogen-bond acceptors (Lipinski definition) is 3. The van der Waals surface area contributed by atoms with Crippen LogP contribution in [-0.4, -0.2) is 18.1 Å². The number of halogens is 2. The number of hydrogen-bond donors (Lipinski definition) is 3. The van der Waals surface area contributed by atoms with E-state index in [1.54, 1.807) is 12.1 Å². The van der Waals surface area contributed by atoms with Gasteiger partial charge >= 0.3 is 0 Å². The second kappa shape index (κ2) is 7.84. The summed E-state index contributed by atoms with van der Waals surface area (Å²) in [5, 5.41) is 3.78. The maximum Gasteiger partial charge on any atom is 0.191 e. The molecule has 0 fully saturated rings. The van der Waals surface area contributed by atoms with Gasteiger partial charge in [-0.25, -0.2) is 0 Å². The fraction of sp³-hybridized carbons (Fsp3) is 0.154. The van der Waals surface area contributed by atoms with Gasteiger partial charge in [-0.05, 0) is 17.7 Å². The molecule has 4 nitrogen and oxygen atoms in total. The first-order valence-corrected chi connectivity index (χ1v) is 5.43. The summed E-state index contributed by atoms with van der Waals surface area (Å²) in [6.07, 6.45) is 0. The fourth-order valence-corrected chi connectivity index (χ4v) is 1.58. The van der Waals surface area contributed by atoms with Gasteiger partial charge < -0.3 is 16.0 Å². The van der Waals surface area contributed by atoms with Gasteiger partial charge in [-0.2, -0.15) is 0 Å². The van der Waals surface area contributed by atoms with Crippen LogP contribution in [0.1, 0.15) is 0 Å². The van der Waals surface area contributed by atoms with Gasteiger partial charge in [0, 0.05) is 24.5 Å². The molecular formula is C13H17Cl2N3O. The number of aromatic nitrogens is 1. The molecule has 0 bridgehead atoms. The lowest BCUT2D eigenvalue weighted by Crippen LogP contribution is -2.14. The van der Waals surface area contributed by atoms with E-state index < -0.39 is 0 Å². The molecule has 2 aromatic rings. The van der Waals surface area contributed by atoms with Crippen molar-refractivity contribution in [2.24, 2.45) is 5.73 Å². The van der Waals surface area contributed by atoms with E-state index in [1.165, 1.54) is 0 Å². The van der Waals surface area contributed by atoms with Crippen molar-refractivity contribution in [3.05, 3.63) is 52.7 Å². The molecule has 4 N–H and O–H groups in total. The lowest BCUT2D eigenvalue weighted by Gasteiger charge is -2.08. The minimum atomic E-state index is 0. The first-order chi connectivity index (χ1) is 8.20. The maximum absolute atomic E-state index is 11.8. The molecule has 1 heterocycles. The number of H-pyrrole nitrogens is 1. The average molecular weight is 302 g/mol. The summed E-state index contributed by atoms with van der Waals surface area (Å²) >= 11 is 0. The molecule has 0 atom stereocenters. The molecule has 1 aromatic heterocycles. The van der Waals surface area contributed by atoms with Gasteiger partial charge in [-0.3, -0.25) is 4.79 Å². The summed E-state index contributed by atoms with van der Waals surface area (Å²) in [6.45, 7) is 4.79. The Kier molecular flexibility index (Phi) is 7.22. The predicted molar refractivity (Wildman–Crippen MR) is 85.7 cm³/mol. The number of nitrogens with one attached hydrogen (secondary N) is 2. The first kappa shape index (κ1) is 17.5. The summed E-state index contributed by atoms with van der Waals surface area (Å²) in [6, 6.07) is 8.96. The number of benzene rings is 1. The van der Waals surface area contributed by atoms with Crippen molar-refractivity contribution in [3.8, 4) is 0 Å². The second-order valence-electron chi connectivity index (χ2n) is 3.90. The first-order valence-electron chi connectivity index (χ1n) is 5.43. The van der Waals surface area contributed by atoms with Crippen LogP contribution in [0.2, 0.25) is 0 Å². The minimum absolute atomic E-state index is 0. The Morgan fingerprint density at radius 1 is 1.32 bits per heavy atom. The van der Waals surface area contributed by atoms with E-state index in [2.05, 4.69) is 16.9 Å². The molecule has 0 spiro atoms. The highest BCUT2D eigenvalue weighted by Gasteiger charge is 2.00. The highest BCUT2D eigenvalue weighted by Crippen LogP contribution is 2.10. The van der Waals surface area contributed by atoms with E-state index >= 15 is 0 Å². The van der Waals surface area contributed by atoms with E-state index in [0.29, 0.717) is 24.3 Å². The van der Waals surface area contributed by atoms with Crippen LogP contribution in [0.5, 0.6) is 0 Å². The van der Waals surface area contributed by atoms with Crippen molar-refractivity contribution in [2.45, 2.75) is 0 Å². The van der Waals surface area contributed by atoms with Crippen LogP contribution in [0.4, 0.5) is 5.82 Å². The smallest absolute Gasteiger partial charge is 0.191 e. The number of aromatic amines is 1. The van der Waals surface area contributed by atoms with Gasteiger partial charge in [0.05, 0.1) is 5.52 Å². The van der Waals surface area contributed by atoms with Gasteiger partial charge in [0.1, 0.15) is 5.82 Å². The van der Waals surface area contributed by atoms with Crippen LogP contribution in [0.25, 0.3) is 10.9 Å². The lowest BCUT2D eigenvalue weighted by atomic mass is 10.2. The highest BCUT2D eigenvalue weighted by molar-refractivity contribution is 5.85. The average Bonchev–Trinajstić information content (AvgIpc) is 2.36. The standard InChI is InChI=1S/C13H15N3O.2ClH/c1-9(7-14)8-15-13-6-12(17)10-4-2-3-5-11(10)16-13;;/h2-6H,1,7-8,14H2,(H2,15,16,17);2*1H. The van der Waals surface area contributed by atoms with Crippen molar-refractivity contribution in [3.63, 3.8) is 0 Å². The van der Waals surface area contributed by atoms with E-state index in [4.69, 9.17) is 5.73 Å². The Morgan fingerprint density at radius 2 is 2.00 bits per heavy atom. The van der Waals surface area contributed by atoms with Crippen LogP contribution in [0.15, 0.2) is 47.3 Å². The molecule has 104 valence electrons. The Balaban J connectivity index is 0.00000162. The van der Waals surface area contributed by atoms with Crippen LogP contribution >= 0.6 is 24.8 Å². The van der Waals surface area contributed by atoms with Gasteiger partial charge in [0.25, 0.3) is 0 Å². The summed E-state index contributed by atoms with van der Waals surface area (Å²) in [5.74, 6) is 0.684. The van der Waals surface area contributed by atoms with Crippen LogP contribution in [-0.2, 0) is 0 Å². The third-order valence-corrected chi connectivity index (χ3v) is 2.55. The molecule has 0 aliphatic heterocycles. The monoisotopic (exact) mass is 301 g/mol. The molecule has 0 aliphatic rings. The van der Waals surface area contributed by atoms with Gasteiger partial charge in [0.15, 0.2) is 5.43 Å². The molecule has 0 radical (unpaired) electrons. The summed E-state index contributed by atoms with van der Waals surface area (Å²) in [7, 11) is 0. The van der Waals surface area contributed by atoms with Gasteiger partial charge in [-0.15, -0.1) is 24.8 Å². The van der Waals surface area contributed by atoms with Crippen LogP contribution in [0, 0.1) is 0 Å². The summed E-state index contributed by atoms with van der Waals surface area (Å²) in [4.78, 5) is 15.0. The Bertz CT molecular complexity index is 610. The third kappa shape index (κ3) is 4.28. The van der Waals surface area contributed by atoms with E-state index in [1.807, 2.05) is 18.2 Å². The van der Waals surface area contributed by atoms with Crippen molar-refractivity contribution in [1.29, 1.82) is 0 Å². The van der Waals surface area contributed by atoms with Gasteiger partial charge in [0.2, 0.25) is 0 Å². The SMILES string of the molecule is C=C(CN)CNc1cc(=O)c2ccccc2[nH]1.Cl.Cl. The second-order valence-corrected chi connectivity index (χ2v) is 3.90. The predicted octanol–water partition coefficient (Wildman–Crippen LogP) is 2.30. The molecule has 2 rings (SSSR count). The molecule has 0 unspecified atom stereocenters. The highest BCUT2D eigenvalue weighted by atomic mass is 35.5. The molecule has 0 saturated carbocycles. The number of para-hydroxylation sites is 1. The maximum atomic E-state index is 11.8. The van der Waals surface area contributed by atoms with Crippen molar-refractivity contribution in [1.82, 2.24) is 4.98 Å². The minimum Gasteiger partial charge on any atom is -0.368 e. The third-order valence-electron chi connectivity index (χ3n) is 2.55. The van der Waals surface area contributed by atoms with Crippen molar-refractivity contribution in [2.75, 3.05) is 18.4 Å². The lowest BCUT2D eigenvalue weighted by molar-refractivity contribution is 1.07. The number of rotatable bonds is 4. The van der Waals surface area contributed by atoms with Gasteiger partial charge in [-0.1, -0.05) is 18.7 Å². The number of anilines is 1. The van der Waals surface area contributed by atoms with Crippen molar-refractivity contribution < 1.29 is 0 Å². The van der Waals surface area contributed by atoms with Crippen LogP contribution in [0.3, 0.4) is 0 Å². The Morgan fingerprint density at radius 3 is 2.68 bits per heavy atom. The Hall–Kier alpha value is -1.49. The summed E-state index contributed by atoms with van der Waals surface area (Å²) in [5.41, 5.74) is 7.15. The quantitative estimate of drug-likeness (QED) is 0.759. The molecule has 6 heteroatoms. The molecule has 1 aromatic carbocycles. The zero-order valence-electron chi connectivity index (χ0n) is 10.3. The van der Waals surface area contributed by atoms with E-state index in [-0.39, 0.29) is 30.2 Å². The molecule has 0 saturated heterocycles. The normalized spacial score (nSPS) is 9.32. The Labute approximate surface area is 123 Å².